The summed E-state index contributed by atoms with van der Waals surface area (Å²) < 4.78 is 18.3. The Bertz CT molecular complexity index is 1060. The number of carbonyl (C=O) groups is 1. The van der Waals surface area contributed by atoms with Gasteiger partial charge in [0.2, 0.25) is 0 Å². The van der Waals surface area contributed by atoms with Crippen LogP contribution < -0.4 is 15.4 Å². The predicted molar refractivity (Wildman–Crippen MR) is 112 cm³/mol. The minimum atomic E-state index is -0.437. The number of fused-ring (bicyclic) bond motifs is 1. The summed E-state index contributed by atoms with van der Waals surface area (Å²) in [6.45, 7) is 6.39. The van der Waals surface area contributed by atoms with Crippen LogP contribution in [-0.2, 0) is 0 Å². The molecule has 3 aromatic rings. The van der Waals surface area contributed by atoms with Crippen LogP contribution in [0.4, 0.5) is 20.7 Å². The molecule has 0 saturated carbocycles. The maximum atomic E-state index is 13.0. The highest BCUT2D eigenvalue weighted by atomic mass is 19.1. The van der Waals surface area contributed by atoms with Crippen molar-refractivity contribution in [2.45, 2.75) is 13.8 Å². The molecule has 0 aliphatic carbocycles. The number of ether oxygens (including phenoxy) is 1. The molecule has 150 valence electrons. The molecule has 2 N–H and O–H groups in total. The first kappa shape index (κ1) is 19.0. The van der Waals surface area contributed by atoms with Crippen molar-refractivity contribution < 1.29 is 13.9 Å². The second-order valence-electron chi connectivity index (χ2n) is 7.32. The maximum Gasteiger partial charge on any atom is 0.415 e. The van der Waals surface area contributed by atoms with E-state index in [0.29, 0.717) is 37.6 Å². The van der Waals surface area contributed by atoms with Gasteiger partial charge in [0.15, 0.2) is 0 Å². The summed E-state index contributed by atoms with van der Waals surface area (Å²) in [6, 6.07) is 11.4. The Labute approximate surface area is 168 Å². The zero-order valence-corrected chi connectivity index (χ0v) is 16.5. The summed E-state index contributed by atoms with van der Waals surface area (Å²) in [5, 5.41) is 0.957. The number of rotatable bonds is 2. The molecule has 0 spiro atoms. The third kappa shape index (κ3) is 3.94. The first-order valence-corrected chi connectivity index (χ1v) is 9.55. The van der Waals surface area contributed by atoms with Gasteiger partial charge in [0.25, 0.3) is 0 Å². The highest BCUT2D eigenvalue weighted by Gasteiger charge is 2.24. The number of aromatic nitrogens is 1. The number of pyridine rings is 1. The van der Waals surface area contributed by atoms with Crippen LogP contribution in [0.25, 0.3) is 10.9 Å². The van der Waals surface area contributed by atoms with E-state index in [4.69, 9.17) is 15.5 Å². The molecule has 0 radical (unpaired) electrons. The van der Waals surface area contributed by atoms with Crippen LogP contribution >= 0.6 is 0 Å². The van der Waals surface area contributed by atoms with E-state index in [1.54, 1.807) is 4.90 Å². The van der Waals surface area contributed by atoms with E-state index in [2.05, 4.69) is 30.9 Å². The fourth-order valence-electron chi connectivity index (χ4n) is 3.45. The van der Waals surface area contributed by atoms with Crippen LogP contribution in [0, 0.1) is 19.7 Å². The van der Waals surface area contributed by atoms with Crippen LogP contribution in [0.3, 0.4) is 0 Å². The van der Waals surface area contributed by atoms with Gasteiger partial charge in [-0.1, -0.05) is 0 Å². The third-order valence-corrected chi connectivity index (χ3v) is 5.32. The maximum absolute atomic E-state index is 13.0. The molecule has 4 rings (SSSR count). The van der Waals surface area contributed by atoms with E-state index in [9.17, 15) is 9.18 Å². The average molecular weight is 394 g/mol. The Kier molecular flexibility index (Phi) is 4.96. The second-order valence-corrected chi connectivity index (χ2v) is 7.32. The molecular weight excluding hydrogens is 371 g/mol. The van der Waals surface area contributed by atoms with Crippen LogP contribution in [-0.4, -0.2) is 42.2 Å². The number of carbonyl (C=O) groups excluding carboxylic acids is 1. The van der Waals surface area contributed by atoms with E-state index in [1.807, 2.05) is 6.07 Å². The highest BCUT2D eigenvalue weighted by Crippen LogP contribution is 2.28. The van der Waals surface area contributed by atoms with Gasteiger partial charge in [0, 0.05) is 43.3 Å². The smallest absolute Gasteiger partial charge is 0.410 e. The molecule has 0 bridgehead atoms. The van der Waals surface area contributed by atoms with Gasteiger partial charge in [0.1, 0.15) is 17.4 Å². The highest BCUT2D eigenvalue weighted by molar-refractivity contribution is 5.93. The van der Waals surface area contributed by atoms with Gasteiger partial charge >= 0.3 is 6.09 Å². The number of aryl methyl sites for hydroxylation is 2. The average Bonchev–Trinajstić information content (AvgIpc) is 2.71. The number of piperazine rings is 1. The lowest BCUT2D eigenvalue weighted by Gasteiger charge is -2.35. The summed E-state index contributed by atoms with van der Waals surface area (Å²) in [7, 11) is 0. The molecule has 2 heterocycles. The lowest BCUT2D eigenvalue weighted by molar-refractivity contribution is 0.149. The summed E-state index contributed by atoms with van der Waals surface area (Å²) in [5.74, 6) is 0.768. The van der Waals surface area contributed by atoms with Gasteiger partial charge < -0.3 is 20.3 Å². The molecule has 0 atom stereocenters. The number of anilines is 2. The van der Waals surface area contributed by atoms with Crippen LogP contribution in [0.2, 0.25) is 0 Å². The van der Waals surface area contributed by atoms with Crippen LogP contribution in [0.1, 0.15) is 11.1 Å². The first-order valence-electron chi connectivity index (χ1n) is 9.55. The molecule has 2 aromatic carbocycles. The van der Waals surface area contributed by atoms with Crippen molar-refractivity contribution in [2.75, 3.05) is 36.8 Å². The monoisotopic (exact) mass is 394 g/mol. The van der Waals surface area contributed by atoms with Gasteiger partial charge in [-0.15, -0.1) is 0 Å². The van der Waals surface area contributed by atoms with E-state index in [1.165, 1.54) is 35.4 Å². The minimum absolute atomic E-state index is 0.327. The largest absolute Gasteiger partial charge is 0.415 e. The SMILES string of the molecule is Cc1cc2nc(N3CCN(C(=O)Oc4ccc(F)cc4)CC3)cc(N)c2cc1C. The number of amides is 1. The second kappa shape index (κ2) is 7.58. The fraction of sp³-hybridized carbons (Fsp3) is 0.273. The van der Waals surface area contributed by atoms with Crippen molar-refractivity contribution in [1.29, 1.82) is 0 Å². The minimum Gasteiger partial charge on any atom is -0.410 e. The number of benzene rings is 2. The molecule has 1 saturated heterocycles. The van der Waals surface area contributed by atoms with Crippen LogP contribution in [0.15, 0.2) is 42.5 Å². The lowest BCUT2D eigenvalue weighted by atomic mass is 10.1. The molecule has 29 heavy (non-hydrogen) atoms. The van der Waals surface area contributed by atoms with Gasteiger partial charge in [-0.05, 0) is 61.4 Å². The fourth-order valence-corrected chi connectivity index (χ4v) is 3.45. The Morgan fingerprint density at radius 3 is 2.38 bits per heavy atom. The van der Waals surface area contributed by atoms with Crippen molar-refractivity contribution in [3.8, 4) is 5.75 Å². The number of nitrogens with two attached hydrogens (primary N) is 1. The van der Waals surface area contributed by atoms with Gasteiger partial charge in [0.05, 0.1) is 5.52 Å². The van der Waals surface area contributed by atoms with Crippen molar-refractivity contribution in [2.24, 2.45) is 0 Å². The summed E-state index contributed by atoms with van der Waals surface area (Å²) in [4.78, 5) is 20.9. The number of nitrogen functional groups attached to an aromatic ring is 1. The number of hydrogen-bond acceptors (Lipinski definition) is 5. The number of nitrogens with zero attached hydrogens (tertiary/aromatic N) is 3. The van der Waals surface area contributed by atoms with Crippen molar-refractivity contribution in [3.05, 3.63) is 59.4 Å². The van der Waals surface area contributed by atoms with E-state index in [-0.39, 0.29) is 5.82 Å². The standard InChI is InChI=1S/C22H23FN4O2/c1-14-11-18-19(24)13-21(25-20(18)12-15(14)2)26-7-9-27(10-8-26)22(28)29-17-5-3-16(23)4-6-17/h3-6,11-13H,7-10H2,1-2H3,(H2,24,25). The van der Waals surface area contributed by atoms with Crippen molar-refractivity contribution in [3.63, 3.8) is 0 Å². The topological polar surface area (TPSA) is 71.7 Å². The molecular formula is C22H23FN4O2. The van der Waals surface area contributed by atoms with Crippen LogP contribution in [0.5, 0.6) is 5.75 Å². The lowest BCUT2D eigenvalue weighted by Crippen LogP contribution is -2.49. The quantitative estimate of drug-likeness (QED) is 0.714. The summed E-state index contributed by atoms with van der Waals surface area (Å²) in [6.07, 6.45) is -0.437. The van der Waals surface area contributed by atoms with Gasteiger partial charge in [-0.3, -0.25) is 0 Å². The molecule has 0 unspecified atom stereocenters. The Balaban J connectivity index is 1.44. The van der Waals surface area contributed by atoms with E-state index < -0.39 is 6.09 Å². The van der Waals surface area contributed by atoms with Gasteiger partial charge in [-0.25, -0.2) is 14.2 Å². The van der Waals surface area contributed by atoms with E-state index >= 15 is 0 Å². The zero-order chi connectivity index (χ0) is 20.5. The Morgan fingerprint density at radius 1 is 1.03 bits per heavy atom. The molecule has 7 heteroatoms. The summed E-state index contributed by atoms with van der Waals surface area (Å²) in [5.41, 5.74) is 10.2. The molecule has 1 aromatic heterocycles. The Hall–Kier alpha value is -3.35. The Morgan fingerprint density at radius 2 is 1.69 bits per heavy atom. The molecule has 1 amide bonds. The molecule has 6 nitrogen and oxygen atoms in total. The number of halogens is 1. The zero-order valence-electron chi connectivity index (χ0n) is 16.5. The first-order chi connectivity index (χ1) is 13.9. The summed E-state index contributed by atoms with van der Waals surface area (Å²) >= 11 is 0. The van der Waals surface area contributed by atoms with Crippen molar-refractivity contribution >= 4 is 28.5 Å². The molecule has 1 aliphatic rings. The van der Waals surface area contributed by atoms with Crippen molar-refractivity contribution in [1.82, 2.24) is 9.88 Å². The molecule has 1 fully saturated rings. The molecule has 1 aliphatic heterocycles. The van der Waals surface area contributed by atoms with E-state index in [0.717, 1.165) is 16.7 Å². The third-order valence-electron chi connectivity index (χ3n) is 5.32. The normalized spacial score (nSPS) is 14.3. The predicted octanol–water partition coefficient (Wildman–Crippen LogP) is 3.89. The van der Waals surface area contributed by atoms with Gasteiger partial charge in [-0.2, -0.15) is 0 Å². The number of hydrogen-bond donors (Lipinski definition) is 1.